The second kappa shape index (κ2) is 12.2. The average molecular weight is 438 g/mol. The van der Waals surface area contributed by atoms with Crippen molar-refractivity contribution >= 4 is 28.9 Å². The maximum absolute atomic E-state index is 5.82. The summed E-state index contributed by atoms with van der Waals surface area (Å²) in [5.41, 5.74) is 0.775. The lowest BCUT2D eigenvalue weighted by Gasteiger charge is -2.10. The van der Waals surface area contributed by atoms with Crippen molar-refractivity contribution in [1.82, 2.24) is 0 Å². The molecule has 156 valence electrons. The Labute approximate surface area is 181 Å². The second-order valence-corrected chi connectivity index (χ2v) is 7.30. The summed E-state index contributed by atoms with van der Waals surface area (Å²) in [4.78, 5) is 5.33. The molecule has 7 heteroatoms. The molecule has 29 heavy (non-hydrogen) atoms. The van der Waals surface area contributed by atoms with E-state index < -0.39 is 0 Å². The lowest BCUT2D eigenvalue weighted by atomic mass is 10.3. The molecular weight excluding hydrogens is 413 g/mol. The monoisotopic (exact) mass is 437 g/mol. The fourth-order valence-electron chi connectivity index (χ4n) is 2.01. The first-order valence-corrected chi connectivity index (χ1v) is 10.1. The van der Waals surface area contributed by atoms with Crippen LogP contribution in [0, 0.1) is 0 Å². The third kappa shape index (κ3) is 9.11. The number of nitrogens with zero attached hydrogens (tertiary/aromatic N) is 1. The topological polar surface area (TPSA) is 49.3 Å². The van der Waals surface area contributed by atoms with Crippen molar-refractivity contribution in [3.8, 4) is 23.0 Å². The number of halogens is 2. The molecule has 0 fully saturated rings. The van der Waals surface area contributed by atoms with Crippen molar-refractivity contribution in [3.05, 3.63) is 59.1 Å². The smallest absolute Gasteiger partial charge is 0.129 e. The molecule has 5 nitrogen and oxygen atoms in total. The van der Waals surface area contributed by atoms with Gasteiger partial charge in [-0.05, 0) is 74.9 Å². The van der Waals surface area contributed by atoms with Crippen LogP contribution in [0.15, 0.2) is 64.3 Å². The van der Waals surface area contributed by atoms with Gasteiger partial charge in [-0.2, -0.15) is 0 Å². The summed E-state index contributed by atoms with van der Waals surface area (Å²) in [5, 5.41) is 4.06. The lowest BCUT2D eigenvalue weighted by Crippen LogP contribution is -2.10. The van der Waals surface area contributed by atoms with Crippen molar-refractivity contribution in [2.24, 2.45) is 5.16 Å². The van der Waals surface area contributed by atoms with Gasteiger partial charge < -0.3 is 19.0 Å². The van der Waals surface area contributed by atoms with Crippen LogP contribution in [0.4, 0.5) is 0 Å². The van der Waals surface area contributed by atoms with Gasteiger partial charge in [0.1, 0.15) is 46.8 Å². The molecule has 2 rings (SSSR count). The van der Waals surface area contributed by atoms with Crippen LogP contribution >= 0.6 is 23.2 Å². The highest BCUT2D eigenvalue weighted by Gasteiger charge is 2.02. The largest absolute Gasteiger partial charge is 0.489 e. The molecule has 0 aromatic heterocycles. The molecule has 2 aromatic carbocycles. The summed E-state index contributed by atoms with van der Waals surface area (Å²) in [6, 6.07) is 14.6. The molecule has 0 heterocycles. The van der Waals surface area contributed by atoms with Crippen LogP contribution < -0.4 is 14.2 Å². The van der Waals surface area contributed by atoms with Gasteiger partial charge in [0.25, 0.3) is 0 Å². The van der Waals surface area contributed by atoms with Crippen LogP contribution in [0.1, 0.15) is 27.2 Å². The van der Waals surface area contributed by atoms with Crippen molar-refractivity contribution < 1.29 is 19.0 Å². The first-order chi connectivity index (χ1) is 14.0. The summed E-state index contributed by atoms with van der Waals surface area (Å²) in [5.74, 6) is 2.82. The van der Waals surface area contributed by atoms with E-state index in [0.717, 1.165) is 17.9 Å². The summed E-state index contributed by atoms with van der Waals surface area (Å²) in [6.07, 6.45) is 2.58. The van der Waals surface area contributed by atoms with Crippen LogP contribution in [0.25, 0.3) is 0 Å². The Morgan fingerprint density at radius 3 is 1.97 bits per heavy atom. The SMILES string of the molecule is CCC(C)ON=C(C)COc1ccc(Oc2ccc(OCC=C(Cl)Cl)cc2)cc1. The Hall–Kier alpha value is -2.37. The Bertz CT molecular complexity index is 801. The van der Waals surface area contributed by atoms with Crippen LogP contribution in [-0.4, -0.2) is 25.0 Å². The predicted octanol–water partition coefficient (Wildman–Crippen LogP) is 6.75. The minimum atomic E-state index is 0.1000. The van der Waals surface area contributed by atoms with Gasteiger partial charge in [0.2, 0.25) is 0 Å². The second-order valence-electron chi connectivity index (χ2n) is 6.29. The number of hydrogen-bond donors (Lipinski definition) is 0. The first-order valence-electron chi connectivity index (χ1n) is 9.30. The van der Waals surface area contributed by atoms with E-state index in [2.05, 4.69) is 12.1 Å². The third-order valence-corrected chi connectivity index (χ3v) is 4.09. The zero-order valence-electron chi connectivity index (χ0n) is 16.7. The molecule has 0 saturated carbocycles. The summed E-state index contributed by atoms with van der Waals surface area (Å²) < 4.78 is 17.2. The maximum atomic E-state index is 5.82. The normalized spacial score (nSPS) is 12.1. The van der Waals surface area contributed by atoms with E-state index in [1.165, 1.54) is 0 Å². The van der Waals surface area contributed by atoms with Crippen molar-refractivity contribution in [1.29, 1.82) is 0 Å². The van der Waals surface area contributed by atoms with Crippen molar-refractivity contribution in [3.63, 3.8) is 0 Å². The fourth-order valence-corrected chi connectivity index (χ4v) is 2.14. The van der Waals surface area contributed by atoms with Gasteiger partial charge in [-0.25, -0.2) is 0 Å². The number of oxime groups is 1. The molecule has 0 aliphatic carbocycles. The van der Waals surface area contributed by atoms with Gasteiger partial charge in [0, 0.05) is 0 Å². The molecule has 0 N–H and O–H groups in total. The number of benzene rings is 2. The van der Waals surface area contributed by atoms with E-state index in [-0.39, 0.29) is 10.6 Å². The van der Waals surface area contributed by atoms with Gasteiger partial charge in [-0.3, -0.25) is 0 Å². The highest BCUT2D eigenvalue weighted by molar-refractivity contribution is 6.55. The molecule has 0 amide bonds. The Morgan fingerprint density at radius 2 is 1.45 bits per heavy atom. The minimum Gasteiger partial charge on any atom is -0.489 e. The van der Waals surface area contributed by atoms with E-state index in [4.69, 9.17) is 42.3 Å². The van der Waals surface area contributed by atoms with Crippen LogP contribution in [-0.2, 0) is 4.84 Å². The van der Waals surface area contributed by atoms with Crippen LogP contribution in [0.5, 0.6) is 23.0 Å². The van der Waals surface area contributed by atoms with E-state index >= 15 is 0 Å². The standard InChI is InChI=1S/C22H25Cl2NO4/c1-4-17(3)29-25-16(2)15-27-19-7-11-21(12-8-19)28-20-9-5-18(6-10-20)26-14-13-22(23)24/h5-13,17H,4,14-15H2,1-3H3. The van der Waals surface area contributed by atoms with Gasteiger partial charge in [0.15, 0.2) is 0 Å². The average Bonchev–Trinajstić information content (AvgIpc) is 2.72. The Balaban J connectivity index is 1.82. The number of rotatable bonds is 11. The summed E-state index contributed by atoms with van der Waals surface area (Å²) in [7, 11) is 0. The molecule has 0 aliphatic rings. The quantitative estimate of drug-likeness (QED) is 0.288. The highest BCUT2D eigenvalue weighted by atomic mass is 35.5. The Morgan fingerprint density at radius 1 is 0.931 bits per heavy atom. The molecule has 1 atom stereocenters. The van der Waals surface area contributed by atoms with Gasteiger partial charge in [0.05, 0.1) is 5.71 Å². The molecule has 1 unspecified atom stereocenters. The zero-order valence-corrected chi connectivity index (χ0v) is 18.2. The van der Waals surface area contributed by atoms with E-state index in [0.29, 0.717) is 30.5 Å². The lowest BCUT2D eigenvalue weighted by molar-refractivity contribution is 0.0687. The van der Waals surface area contributed by atoms with Gasteiger partial charge in [-0.15, -0.1) is 0 Å². The molecule has 0 spiro atoms. The summed E-state index contributed by atoms with van der Waals surface area (Å²) in [6.45, 7) is 6.56. The van der Waals surface area contributed by atoms with Crippen LogP contribution in [0.3, 0.4) is 0 Å². The zero-order chi connectivity index (χ0) is 21.1. The first kappa shape index (κ1) is 22.9. The molecule has 2 aromatic rings. The van der Waals surface area contributed by atoms with Gasteiger partial charge >= 0.3 is 0 Å². The number of ether oxygens (including phenoxy) is 3. The maximum Gasteiger partial charge on any atom is 0.129 e. The molecule has 0 radical (unpaired) electrons. The van der Waals surface area contributed by atoms with Gasteiger partial charge in [-0.1, -0.05) is 35.3 Å². The van der Waals surface area contributed by atoms with Crippen molar-refractivity contribution in [2.45, 2.75) is 33.3 Å². The number of hydrogen-bond acceptors (Lipinski definition) is 5. The predicted molar refractivity (Wildman–Crippen MR) is 118 cm³/mol. The van der Waals surface area contributed by atoms with E-state index in [1.807, 2.05) is 62.4 Å². The van der Waals surface area contributed by atoms with E-state index in [1.54, 1.807) is 6.08 Å². The molecule has 0 bridgehead atoms. The minimum absolute atomic E-state index is 0.1000. The summed E-state index contributed by atoms with van der Waals surface area (Å²) >= 11 is 11.1. The fraction of sp³-hybridized carbons (Fsp3) is 0.318. The molecule has 0 saturated heterocycles. The molecule has 0 aliphatic heterocycles. The third-order valence-electron chi connectivity index (χ3n) is 3.78. The van der Waals surface area contributed by atoms with Crippen LogP contribution in [0.2, 0.25) is 0 Å². The Kier molecular flexibility index (Phi) is 9.68. The highest BCUT2D eigenvalue weighted by Crippen LogP contribution is 2.25. The van der Waals surface area contributed by atoms with E-state index in [9.17, 15) is 0 Å². The van der Waals surface area contributed by atoms with Crippen molar-refractivity contribution in [2.75, 3.05) is 13.2 Å². The molecular formula is C22H25Cl2NO4.